The van der Waals surface area contributed by atoms with Gasteiger partial charge in [-0.1, -0.05) is 6.92 Å². The summed E-state index contributed by atoms with van der Waals surface area (Å²) in [6.45, 7) is 5.68. The number of imidazole rings is 1. The number of nitrogens with one attached hydrogen (secondary N) is 2. The molecule has 110 valence electrons. The Balaban J connectivity index is 1.83. The number of thiazole rings is 1. The van der Waals surface area contributed by atoms with Crippen molar-refractivity contribution < 1.29 is 0 Å². The first kappa shape index (κ1) is 13.8. The molecule has 0 bridgehead atoms. The second kappa shape index (κ2) is 6.09. The molecule has 3 aromatic rings. The Morgan fingerprint density at radius 1 is 1.24 bits per heavy atom. The monoisotopic (exact) mass is 302 g/mol. The van der Waals surface area contributed by atoms with Crippen LogP contribution < -0.4 is 10.6 Å². The average Bonchev–Trinajstić information content (AvgIpc) is 3.13. The number of nitrogens with zero attached hydrogens (tertiary/aromatic N) is 4. The van der Waals surface area contributed by atoms with Crippen LogP contribution in [0.4, 0.5) is 11.6 Å². The number of hydrogen-bond acceptors (Lipinski definition) is 6. The largest absolute Gasteiger partial charge is 0.369 e. The molecule has 0 saturated heterocycles. The van der Waals surface area contributed by atoms with Gasteiger partial charge in [-0.25, -0.2) is 15.0 Å². The Morgan fingerprint density at radius 3 is 2.90 bits per heavy atom. The zero-order valence-corrected chi connectivity index (χ0v) is 12.9. The SMILES string of the molecule is CCNc1cn2ccnc2c(NCc2ncc(CC)s2)n1. The summed E-state index contributed by atoms with van der Waals surface area (Å²) in [4.78, 5) is 14.6. The molecule has 3 heterocycles. The number of aromatic nitrogens is 4. The molecule has 0 atom stereocenters. The Labute approximate surface area is 127 Å². The van der Waals surface area contributed by atoms with Gasteiger partial charge < -0.3 is 15.0 Å². The Bertz CT molecular complexity index is 732. The first-order valence-electron chi connectivity index (χ1n) is 7.05. The van der Waals surface area contributed by atoms with E-state index in [1.54, 1.807) is 17.5 Å². The topological polar surface area (TPSA) is 67.1 Å². The van der Waals surface area contributed by atoms with Crippen molar-refractivity contribution in [2.24, 2.45) is 0 Å². The van der Waals surface area contributed by atoms with E-state index in [-0.39, 0.29) is 0 Å². The minimum Gasteiger partial charge on any atom is -0.369 e. The number of fused-ring (bicyclic) bond motifs is 1. The molecule has 0 unspecified atom stereocenters. The van der Waals surface area contributed by atoms with Gasteiger partial charge in [0.2, 0.25) is 0 Å². The third kappa shape index (κ3) is 2.97. The molecule has 2 N–H and O–H groups in total. The van der Waals surface area contributed by atoms with Crippen LogP contribution in [0, 0.1) is 0 Å². The molecule has 3 rings (SSSR count). The minimum atomic E-state index is 0.662. The van der Waals surface area contributed by atoms with Crippen LogP contribution in [-0.2, 0) is 13.0 Å². The van der Waals surface area contributed by atoms with E-state index in [0.717, 1.165) is 35.3 Å². The van der Waals surface area contributed by atoms with Crippen LogP contribution in [-0.4, -0.2) is 25.9 Å². The van der Waals surface area contributed by atoms with E-state index in [9.17, 15) is 0 Å². The van der Waals surface area contributed by atoms with Crippen molar-refractivity contribution in [1.82, 2.24) is 19.4 Å². The highest BCUT2D eigenvalue weighted by molar-refractivity contribution is 7.11. The Kier molecular flexibility index (Phi) is 4.01. The summed E-state index contributed by atoms with van der Waals surface area (Å²) in [5.74, 6) is 1.60. The van der Waals surface area contributed by atoms with Gasteiger partial charge in [0.05, 0.1) is 12.7 Å². The van der Waals surface area contributed by atoms with Crippen molar-refractivity contribution >= 4 is 28.6 Å². The maximum atomic E-state index is 4.58. The Morgan fingerprint density at radius 2 is 2.14 bits per heavy atom. The fourth-order valence-electron chi connectivity index (χ4n) is 2.07. The highest BCUT2D eigenvalue weighted by atomic mass is 32.1. The molecular weight excluding hydrogens is 284 g/mol. The van der Waals surface area contributed by atoms with Crippen molar-refractivity contribution in [2.75, 3.05) is 17.2 Å². The van der Waals surface area contributed by atoms with Gasteiger partial charge in [-0.2, -0.15) is 0 Å². The maximum absolute atomic E-state index is 4.58. The zero-order valence-electron chi connectivity index (χ0n) is 12.1. The molecule has 0 aliphatic carbocycles. The van der Waals surface area contributed by atoms with Gasteiger partial charge >= 0.3 is 0 Å². The van der Waals surface area contributed by atoms with Crippen LogP contribution in [0.15, 0.2) is 24.8 Å². The smallest absolute Gasteiger partial charge is 0.180 e. The maximum Gasteiger partial charge on any atom is 0.180 e. The molecule has 0 radical (unpaired) electrons. The number of rotatable bonds is 6. The molecule has 0 amide bonds. The van der Waals surface area contributed by atoms with Gasteiger partial charge in [-0.05, 0) is 13.3 Å². The first-order chi connectivity index (χ1) is 10.3. The quantitative estimate of drug-likeness (QED) is 0.733. The number of hydrogen-bond donors (Lipinski definition) is 2. The fourth-order valence-corrected chi connectivity index (χ4v) is 2.87. The molecule has 6 nitrogen and oxygen atoms in total. The second-order valence-electron chi connectivity index (χ2n) is 4.59. The van der Waals surface area contributed by atoms with Crippen molar-refractivity contribution in [2.45, 2.75) is 26.8 Å². The first-order valence-corrected chi connectivity index (χ1v) is 7.86. The molecule has 0 aromatic carbocycles. The summed E-state index contributed by atoms with van der Waals surface area (Å²) in [6.07, 6.45) is 8.60. The van der Waals surface area contributed by atoms with E-state index in [2.05, 4.69) is 39.4 Å². The van der Waals surface area contributed by atoms with E-state index in [0.29, 0.717) is 6.54 Å². The van der Waals surface area contributed by atoms with Crippen molar-refractivity contribution in [3.05, 3.63) is 34.7 Å². The third-order valence-corrected chi connectivity index (χ3v) is 4.23. The Hall–Kier alpha value is -2.15. The van der Waals surface area contributed by atoms with Gasteiger partial charge in [0.1, 0.15) is 10.8 Å². The van der Waals surface area contributed by atoms with Crippen LogP contribution in [0.3, 0.4) is 0 Å². The molecule has 0 saturated carbocycles. The van der Waals surface area contributed by atoms with Crippen LogP contribution in [0.5, 0.6) is 0 Å². The lowest BCUT2D eigenvalue weighted by atomic mass is 10.4. The standard InChI is InChI=1S/C14H18N6S/c1-3-10-7-17-12(21-10)8-18-13-14-16-5-6-20(14)9-11(19-13)15-4-2/h5-7,9,15H,3-4,8H2,1-2H3,(H,18,19). The third-order valence-electron chi connectivity index (χ3n) is 3.09. The second-order valence-corrected chi connectivity index (χ2v) is 5.79. The summed E-state index contributed by atoms with van der Waals surface area (Å²) in [5, 5.41) is 7.63. The summed E-state index contributed by atoms with van der Waals surface area (Å²) in [7, 11) is 0. The van der Waals surface area contributed by atoms with Crippen LogP contribution in [0.1, 0.15) is 23.7 Å². The molecule has 0 spiro atoms. The molecule has 0 aliphatic rings. The van der Waals surface area contributed by atoms with Crippen LogP contribution in [0.25, 0.3) is 5.65 Å². The molecule has 21 heavy (non-hydrogen) atoms. The zero-order chi connectivity index (χ0) is 14.7. The van der Waals surface area contributed by atoms with Crippen LogP contribution in [0.2, 0.25) is 0 Å². The molecule has 0 aliphatic heterocycles. The molecule has 7 heteroatoms. The highest BCUT2D eigenvalue weighted by Gasteiger charge is 2.08. The minimum absolute atomic E-state index is 0.662. The summed E-state index contributed by atoms with van der Waals surface area (Å²) < 4.78 is 1.96. The van der Waals surface area contributed by atoms with Crippen LogP contribution >= 0.6 is 11.3 Å². The number of aryl methyl sites for hydroxylation is 1. The lowest BCUT2D eigenvalue weighted by Gasteiger charge is -2.09. The summed E-state index contributed by atoms with van der Waals surface area (Å²) in [5.41, 5.74) is 0.823. The highest BCUT2D eigenvalue weighted by Crippen LogP contribution is 2.19. The lowest BCUT2D eigenvalue weighted by molar-refractivity contribution is 1.04. The fraction of sp³-hybridized carbons (Fsp3) is 0.357. The van der Waals surface area contributed by atoms with E-state index in [4.69, 9.17) is 0 Å². The van der Waals surface area contributed by atoms with E-state index < -0.39 is 0 Å². The van der Waals surface area contributed by atoms with Gasteiger partial charge in [-0.3, -0.25) is 0 Å². The summed E-state index contributed by atoms with van der Waals surface area (Å²) >= 11 is 1.73. The van der Waals surface area contributed by atoms with Gasteiger partial charge in [0.15, 0.2) is 11.5 Å². The predicted octanol–water partition coefficient (Wildman–Crippen LogP) is 2.79. The average molecular weight is 302 g/mol. The van der Waals surface area contributed by atoms with Gasteiger partial charge in [0.25, 0.3) is 0 Å². The van der Waals surface area contributed by atoms with Gasteiger partial charge in [-0.15, -0.1) is 11.3 Å². The van der Waals surface area contributed by atoms with E-state index in [1.165, 1.54) is 4.88 Å². The van der Waals surface area contributed by atoms with Crippen molar-refractivity contribution in [3.63, 3.8) is 0 Å². The molecule has 3 aromatic heterocycles. The normalized spacial score (nSPS) is 11.0. The van der Waals surface area contributed by atoms with E-state index >= 15 is 0 Å². The molecule has 0 fully saturated rings. The van der Waals surface area contributed by atoms with Crippen molar-refractivity contribution in [3.8, 4) is 0 Å². The predicted molar refractivity (Wildman–Crippen MR) is 86.0 cm³/mol. The molecular formula is C14H18N6S. The van der Waals surface area contributed by atoms with Crippen molar-refractivity contribution in [1.29, 1.82) is 0 Å². The number of anilines is 2. The van der Waals surface area contributed by atoms with E-state index in [1.807, 2.05) is 23.0 Å². The summed E-state index contributed by atoms with van der Waals surface area (Å²) in [6, 6.07) is 0. The lowest BCUT2D eigenvalue weighted by Crippen LogP contribution is -2.07. The van der Waals surface area contributed by atoms with Gasteiger partial charge in [0, 0.05) is 30.0 Å².